The van der Waals surface area contributed by atoms with Gasteiger partial charge in [-0.2, -0.15) is 0 Å². The van der Waals surface area contributed by atoms with Crippen LogP contribution < -0.4 is 0 Å². The molecule has 0 aromatic heterocycles. The van der Waals surface area contributed by atoms with Crippen LogP contribution in [0.5, 0.6) is 0 Å². The van der Waals surface area contributed by atoms with Gasteiger partial charge in [-0.1, -0.05) is 36.0 Å². The molecule has 2 rings (SSSR count). The number of fused-ring (bicyclic) bond motifs is 1. The van der Waals surface area contributed by atoms with Crippen LogP contribution in [0.25, 0.3) is 6.08 Å². The molecule has 2 nitrogen and oxygen atoms in total. The maximum Gasteiger partial charge on any atom is 0.0874 e. The summed E-state index contributed by atoms with van der Waals surface area (Å²) in [5, 5.41) is 12.0. The Morgan fingerprint density at radius 2 is 2.23 bits per heavy atom. The lowest BCUT2D eigenvalue weighted by molar-refractivity contribution is 0.318. The molecule has 0 bridgehead atoms. The molecule has 1 aliphatic carbocycles. The van der Waals surface area contributed by atoms with Gasteiger partial charge in [0.2, 0.25) is 0 Å². The summed E-state index contributed by atoms with van der Waals surface area (Å²) in [6.45, 7) is 3.76. The van der Waals surface area contributed by atoms with Crippen molar-refractivity contribution in [2.75, 3.05) is 0 Å². The average molecular weight is 173 g/mol. The van der Waals surface area contributed by atoms with E-state index in [4.69, 9.17) is 5.21 Å². The Hall–Kier alpha value is -1.57. The average Bonchev–Trinajstić information content (AvgIpc) is 2.60. The number of oxime groups is 1. The summed E-state index contributed by atoms with van der Waals surface area (Å²) in [6, 6.07) is 5.99. The third-order valence-electron chi connectivity index (χ3n) is 2.48. The summed E-state index contributed by atoms with van der Waals surface area (Å²) in [5.41, 5.74) is 4.26. The topological polar surface area (TPSA) is 32.6 Å². The number of hydrogen-bond acceptors (Lipinski definition) is 2. The quantitative estimate of drug-likeness (QED) is 0.513. The van der Waals surface area contributed by atoms with Crippen LogP contribution in [-0.4, -0.2) is 10.9 Å². The third kappa shape index (κ3) is 1.15. The number of nitrogens with zero attached hydrogens (tertiary/aromatic N) is 1. The molecule has 0 saturated carbocycles. The second kappa shape index (κ2) is 3.05. The summed E-state index contributed by atoms with van der Waals surface area (Å²) in [5.74, 6) is 0. The molecule has 1 aromatic carbocycles. The second-order valence-corrected chi connectivity index (χ2v) is 3.12. The van der Waals surface area contributed by atoms with Gasteiger partial charge in [0, 0.05) is 5.56 Å². The fraction of sp³-hybridized carbons (Fsp3) is 0.182. The largest absolute Gasteiger partial charge is 0.411 e. The summed E-state index contributed by atoms with van der Waals surface area (Å²) in [6.07, 6.45) is 3.63. The highest BCUT2D eigenvalue weighted by Crippen LogP contribution is 2.26. The zero-order chi connectivity index (χ0) is 9.26. The molecule has 1 aliphatic rings. The number of hydrogen-bond donors (Lipinski definition) is 1. The maximum absolute atomic E-state index is 8.74. The van der Waals surface area contributed by atoms with Gasteiger partial charge in [0.25, 0.3) is 0 Å². The molecule has 0 atom stereocenters. The van der Waals surface area contributed by atoms with Crippen molar-refractivity contribution < 1.29 is 5.21 Å². The Balaban J connectivity index is 2.61. The van der Waals surface area contributed by atoms with E-state index >= 15 is 0 Å². The first-order valence-electron chi connectivity index (χ1n) is 4.32. The smallest absolute Gasteiger partial charge is 0.0874 e. The highest BCUT2D eigenvalue weighted by molar-refractivity contribution is 6.04. The molecule has 0 spiro atoms. The standard InChI is InChI=1S/C11H11NO/c1-2-8-4-3-5-10-9(8)6-7-11(10)12-13/h2-5,13H,1,6-7H2/b12-11+. The molecular formula is C11H11NO. The van der Waals surface area contributed by atoms with E-state index in [1.165, 1.54) is 5.56 Å². The van der Waals surface area contributed by atoms with Crippen molar-refractivity contribution in [1.29, 1.82) is 0 Å². The van der Waals surface area contributed by atoms with Gasteiger partial charge < -0.3 is 5.21 Å². The monoisotopic (exact) mass is 173 g/mol. The Bertz CT molecular complexity index is 380. The van der Waals surface area contributed by atoms with E-state index in [-0.39, 0.29) is 0 Å². The molecule has 13 heavy (non-hydrogen) atoms. The molecule has 2 heteroatoms. The van der Waals surface area contributed by atoms with Gasteiger partial charge >= 0.3 is 0 Å². The Morgan fingerprint density at radius 3 is 2.92 bits per heavy atom. The molecule has 0 amide bonds. The lowest BCUT2D eigenvalue weighted by Crippen LogP contribution is -1.93. The lowest BCUT2D eigenvalue weighted by atomic mass is 10.0. The number of benzene rings is 1. The number of rotatable bonds is 1. The fourth-order valence-corrected chi connectivity index (χ4v) is 1.83. The van der Waals surface area contributed by atoms with Crippen LogP contribution >= 0.6 is 0 Å². The molecule has 1 aromatic rings. The van der Waals surface area contributed by atoms with E-state index < -0.39 is 0 Å². The Labute approximate surface area is 77.2 Å². The van der Waals surface area contributed by atoms with Gasteiger partial charge in [0.15, 0.2) is 0 Å². The SMILES string of the molecule is C=Cc1cccc2c1CC/C2=N\O. The minimum absolute atomic E-state index is 0.790. The van der Waals surface area contributed by atoms with Gasteiger partial charge in [0.05, 0.1) is 5.71 Å². The minimum Gasteiger partial charge on any atom is -0.411 e. The van der Waals surface area contributed by atoms with Gasteiger partial charge in [-0.25, -0.2) is 0 Å². The van der Waals surface area contributed by atoms with E-state index in [9.17, 15) is 0 Å². The Morgan fingerprint density at radius 1 is 1.38 bits per heavy atom. The second-order valence-electron chi connectivity index (χ2n) is 3.12. The molecule has 0 fully saturated rings. The molecule has 0 radical (unpaired) electrons. The highest BCUT2D eigenvalue weighted by atomic mass is 16.4. The van der Waals surface area contributed by atoms with Crippen molar-refractivity contribution in [3.63, 3.8) is 0 Å². The van der Waals surface area contributed by atoms with Crippen LogP contribution in [0.2, 0.25) is 0 Å². The molecule has 66 valence electrons. The summed E-state index contributed by atoms with van der Waals surface area (Å²) >= 11 is 0. The highest BCUT2D eigenvalue weighted by Gasteiger charge is 2.19. The molecule has 0 saturated heterocycles. The van der Waals surface area contributed by atoms with Crippen molar-refractivity contribution >= 4 is 11.8 Å². The molecule has 0 heterocycles. The van der Waals surface area contributed by atoms with Crippen LogP contribution in [0, 0.1) is 0 Å². The van der Waals surface area contributed by atoms with E-state index in [2.05, 4.69) is 11.7 Å². The normalized spacial score (nSPS) is 17.4. The van der Waals surface area contributed by atoms with E-state index in [0.717, 1.165) is 29.7 Å². The van der Waals surface area contributed by atoms with Crippen molar-refractivity contribution in [2.45, 2.75) is 12.8 Å². The Kier molecular flexibility index (Phi) is 1.89. The summed E-state index contributed by atoms with van der Waals surface area (Å²) < 4.78 is 0. The third-order valence-corrected chi connectivity index (χ3v) is 2.48. The maximum atomic E-state index is 8.74. The van der Waals surface area contributed by atoms with E-state index in [1.54, 1.807) is 0 Å². The lowest BCUT2D eigenvalue weighted by Gasteiger charge is -2.01. The van der Waals surface area contributed by atoms with Gasteiger partial charge in [-0.3, -0.25) is 0 Å². The van der Waals surface area contributed by atoms with E-state index in [1.807, 2.05) is 24.3 Å². The van der Waals surface area contributed by atoms with Crippen LogP contribution in [0.4, 0.5) is 0 Å². The van der Waals surface area contributed by atoms with Crippen molar-refractivity contribution in [2.24, 2.45) is 5.16 Å². The summed E-state index contributed by atoms with van der Waals surface area (Å²) in [7, 11) is 0. The van der Waals surface area contributed by atoms with Crippen molar-refractivity contribution in [1.82, 2.24) is 0 Å². The summed E-state index contributed by atoms with van der Waals surface area (Å²) in [4.78, 5) is 0. The fourth-order valence-electron chi connectivity index (χ4n) is 1.83. The van der Waals surface area contributed by atoms with Gasteiger partial charge in [-0.15, -0.1) is 0 Å². The molecule has 0 aliphatic heterocycles. The van der Waals surface area contributed by atoms with Gasteiger partial charge in [0.1, 0.15) is 0 Å². The molecular weight excluding hydrogens is 162 g/mol. The van der Waals surface area contributed by atoms with Crippen LogP contribution in [0.15, 0.2) is 29.9 Å². The van der Waals surface area contributed by atoms with Crippen molar-refractivity contribution in [3.05, 3.63) is 41.5 Å². The predicted molar refractivity (Wildman–Crippen MR) is 53.2 cm³/mol. The zero-order valence-electron chi connectivity index (χ0n) is 7.33. The predicted octanol–water partition coefficient (Wildman–Crippen LogP) is 2.45. The first-order chi connectivity index (χ1) is 6.36. The minimum atomic E-state index is 0.790. The first kappa shape index (κ1) is 8.05. The molecule has 1 N–H and O–H groups in total. The molecule has 0 unspecified atom stereocenters. The zero-order valence-corrected chi connectivity index (χ0v) is 7.33. The van der Waals surface area contributed by atoms with Crippen molar-refractivity contribution in [3.8, 4) is 0 Å². The van der Waals surface area contributed by atoms with Gasteiger partial charge in [-0.05, 0) is 24.0 Å². The van der Waals surface area contributed by atoms with Crippen LogP contribution in [0.1, 0.15) is 23.1 Å². The van der Waals surface area contributed by atoms with E-state index in [0.29, 0.717) is 0 Å². The van der Waals surface area contributed by atoms with Crippen LogP contribution in [-0.2, 0) is 6.42 Å². The van der Waals surface area contributed by atoms with Crippen LogP contribution in [0.3, 0.4) is 0 Å². The first-order valence-corrected chi connectivity index (χ1v) is 4.32.